The molecule has 3 N–H and O–H groups in total. The number of hydrogen-bond acceptors (Lipinski definition) is 4. The van der Waals surface area contributed by atoms with Crippen LogP contribution in [0.1, 0.15) is 30.8 Å². The Balaban J connectivity index is 2.44. The van der Waals surface area contributed by atoms with Gasteiger partial charge < -0.3 is 16.0 Å². The first-order valence-electron chi connectivity index (χ1n) is 6.24. The zero-order valence-electron chi connectivity index (χ0n) is 11.3. The van der Waals surface area contributed by atoms with E-state index in [1.165, 1.54) is 0 Å². The number of nitrogens with two attached hydrogens (primary N) is 1. The van der Waals surface area contributed by atoms with Crippen molar-refractivity contribution >= 4 is 11.6 Å². The van der Waals surface area contributed by atoms with Crippen LogP contribution >= 0.6 is 0 Å². The minimum Gasteiger partial charge on any atom is -0.384 e. The normalized spacial score (nSPS) is 12.4. The average Bonchev–Trinajstić information content (AvgIpc) is 2.38. The van der Waals surface area contributed by atoms with E-state index in [0.717, 1.165) is 25.2 Å². The van der Waals surface area contributed by atoms with Crippen molar-refractivity contribution in [2.24, 2.45) is 5.73 Å². The molecule has 0 spiro atoms. The van der Waals surface area contributed by atoms with Crippen LogP contribution in [0.2, 0.25) is 0 Å². The molecule has 0 fully saturated rings. The highest BCUT2D eigenvalue weighted by atomic mass is 16.1. The summed E-state index contributed by atoms with van der Waals surface area (Å²) in [7, 11) is 2.11. The van der Waals surface area contributed by atoms with Crippen molar-refractivity contribution in [3.63, 3.8) is 0 Å². The number of carbonyl (C=O) groups excluding carboxylic acids is 1. The van der Waals surface area contributed by atoms with Gasteiger partial charge in [0.25, 0.3) is 5.91 Å². The van der Waals surface area contributed by atoms with E-state index < -0.39 is 5.91 Å². The summed E-state index contributed by atoms with van der Waals surface area (Å²) in [6.07, 6.45) is 2.72. The highest BCUT2D eigenvalue weighted by molar-refractivity contribution is 5.91. The molecule has 100 valence electrons. The molecule has 1 amide bonds. The van der Waals surface area contributed by atoms with E-state index in [9.17, 15) is 4.79 Å². The van der Waals surface area contributed by atoms with Gasteiger partial charge in [0.1, 0.15) is 5.69 Å². The predicted octanol–water partition coefficient (Wildman–Crippen LogP) is 1.32. The van der Waals surface area contributed by atoms with Crippen LogP contribution in [-0.2, 0) is 0 Å². The summed E-state index contributed by atoms with van der Waals surface area (Å²) < 4.78 is 0. The molecule has 1 unspecified atom stereocenters. The molecule has 0 radical (unpaired) electrons. The summed E-state index contributed by atoms with van der Waals surface area (Å²) in [6, 6.07) is 4.08. The van der Waals surface area contributed by atoms with Crippen LogP contribution in [-0.4, -0.2) is 42.0 Å². The molecule has 0 aliphatic rings. The van der Waals surface area contributed by atoms with E-state index in [4.69, 9.17) is 5.73 Å². The molecule has 0 saturated heterocycles. The molecule has 0 aromatic carbocycles. The van der Waals surface area contributed by atoms with Gasteiger partial charge >= 0.3 is 0 Å². The van der Waals surface area contributed by atoms with E-state index in [2.05, 4.69) is 36.1 Å². The van der Waals surface area contributed by atoms with Gasteiger partial charge in [0.15, 0.2) is 0 Å². The Bertz CT molecular complexity index is 394. The summed E-state index contributed by atoms with van der Waals surface area (Å²) in [5.74, 6) is -0.504. The first-order chi connectivity index (χ1) is 8.54. The Kier molecular flexibility index (Phi) is 5.58. The second-order valence-corrected chi connectivity index (χ2v) is 4.46. The SMILES string of the molecule is CCC(C)N(C)CCNc1ccnc(C(N)=O)c1. The zero-order valence-corrected chi connectivity index (χ0v) is 11.3. The number of anilines is 1. The van der Waals surface area contributed by atoms with Crippen molar-refractivity contribution < 1.29 is 4.79 Å². The zero-order chi connectivity index (χ0) is 13.5. The molecular formula is C13H22N4O. The molecule has 0 bridgehead atoms. The first kappa shape index (κ1) is 14.4. The molecule has 1 atom stereocenters. The molecule has 5 nitrogen and oxygen atoms in total. The molecule has 0 saturated carbocycles. The predicted molar refractivity (Wildman–Crippen MR) is 73.6 cm³/mol. The summed E-state index contributed by atoms with van der Waals surface area (Å²) in [5.41, 5.74) is 6.34. The Morgan fingerprint density at radius 1 is 1.61 bits per heavy atom. The number of amides is 1. The minimum atomic E-state index is -0.504. The van der Waals surface area contributed by atoms with Gasteiger partial charge in [-0.2, -0.15) is 0 Å². The highest BCUT2D eigenvalue weighted by Gasteiger charge is 2.06. The van der Waals surface area contributed by atoms with Crippen LogP contribution in [0.5, 0.6) is 0 Å². The topological polar surface area (TPSA) is 71.2 Å². The average molecular weight is 250 g/mol. The quantitative estimate of drug-likeness (QED) is 0.765. The molecular weight excluding hydrogens is 228 g/mol. The van der Waals surface area contributed by atoms with E-state index in [0.29, 0.717) is 6.04 Å². The van der Waals surface area contributed by atoms with Crippen molar-refractivity contribution in [1.29, 1.82) is 0 Å². The van der Waals surface area contributed by atoms with Gasteiger partial charge in [-0.05, 0) is 32.5 Å². The van der Waals surface area contributed by atoms with E-state index in [1.807, 2.05) is 6.07 Å². The largest absolute Gasteiger partial charge is 0.384 e. The smallest absolute Gasteiger partial charge is 0.267 e. The van der Waals surface area contributed by atoms with E-state index in [-0.39, 0.29) is 5.69 Å². The van der Waals surface area contributed by atoms with Gasteiger partial charge in [0, 0.05) is 31.0 Å². The second kappa shape index (κ2) is 6.96. The van der Waals surface area contributed by atoms with E-state index in [1.54, 1.807) is 12.3 Å². The fourth-order valence-electron chi connectivity index (χ4n) is 1.58. The molecule has 0 aliphatic heterocycles. The maximum Gasteiger partial charge on any atom is 0.267 e. The fraction of sp³-hybridized carbons (Fsp3) is 0.538. The van der Waals surface area contributed by atoms with Crippen molar-refractivity contribution in [3.05, 3.63) is 24.0 Å². The lowest BCUT2D eigenvalue weighted by Gasteiger charge is -2.23. The Labute approximate surface area is 108 Å². The van der Waals surface area contributed by atoms with E-state index >= 15 is 0 Å². The fourth-order valence-corrected chi connectivity index (χ4v) is 1.58. The maximum atomic E-state index is 11.0. The van der Waals surface area contributed by atoms with Gasteiger partial charge in [-0.25, -0.2) is 0 Å². The standard InChI is InChI=1S/C13H22N4O/c1-4-10(2)17(3)8-7-15-11-5-6-16-12(9-11)13(14)18/h5-6,9-10H,4,7-8H2,1-3H3,(H2,14,18)(H,15,16). The summed E-state index contributed by atoms with van der Waals surface area (Å²) in [5, 5.41) is 3.26. The number of carbonyl (C=O) groups is 1. The van der Waals surface area contributed by atoms with Crippen LogP contribution in [0.4, 0.5) is 5.69 Å². The minimum absolute atomic E-state index is 0.287. The summed E-state index contributed by atoms with van der Waals surface area (Å²) in [4.78, 5) is 17.2. The summed E-state index contributed by atoms with van der Waals surface area (Å²) in [6.45, 7) is 6.15. The number of pyridine rings is 1. The number of primary amides is 1. The monoisotopic (exact) mass is 250 g/mol. The van der Waals surface area contributed by atoms with Crippen LogP contribution in [0.25, 0.3) is 0 Å². The van der Waals surface area contributed by atoms with Crippen LogP contribution in [0.3, 0.4) is 0 Å². The van der Waals surface area contributed by atoms with Gasteiger partial charge in [0.2, 0.25) is 0 Å². The Morgan fingerprint density at radius 3 is 2.94 bits per heavy atom. The van der Waals surface area contributed by atoms with Crippen molar-refractivity contribution in [1.82, 2.24) is 9.88 Å². The molecule has 0 aliphatic carbocycles. The highest BCUT2D eigenvalue weighted by Crippen LogP contribution is 2.07. The molecule has 5 heteroatoms. The lowest BCUT2D eigenvalue weighted by Crippen LogP contribution is -2.32. The van der Waals surface area contributed by atoms with Crippen LogP contribution < -0.4 is 11.1 Å². The number of nitrogens with zero attached hydrogens (tertiary/aromatic N) is 2. The third-order valence-corrected chi connectivity index (χ3v) is 3.15. The molecule has 18 heavy (non-hydrogen) atoms. The van der Waals surface area contributed by atoms with Crippen molar-refractivity contribution in [2.75, 3.05) is 25.5 Å². The number of likely N-dealkylation sites (N-methyl/N-ethyl adjacent to an activating group) is 1. The number of nitrogens with one attached hydrogen (secondary N) is 1. The van der Waals surface area contributed by atoms with Gasteiger partial charge in [-0.3, -0.25) is 9.78 Å². The van der Waals surface area contributed by atoms with Crippen molar-refractivity contribution in [3.8, 4) is 0 Å². The van der Waals surface area contributed by atoms with Gasteiger partial charge in [0.05, 0.1) is 0 Å². The molecule has 1 rings (SSSR count). The van der Waals surface area contributed by atoms with Crippen LogP contribution in [0, 0.1) is 0 Å². The van der Waals surface area contributed by atoms with Gasteiger partial charge in [-0.1, -0.05) is 6.92 Å². The maximum absolute atomic E-state index is 11.0. The number of hydrogen-bond donors (Lipinski definition) is 2. The number of aromatic nitrogens is 1. The molecule has 1 aromatic heterocycles. The van der Waals surface area contributed by atoms with Gasteiger partial charge in [-0.15, -0.1) is 0 Å². The lowest BCUT2D eigenvalue weighted by molar-refractivity contribution is 0.0995. The Morgan fingerprint density at radius 2 is 2.33 bits per heavy atom. The molecule has 1 aromatic rings. The van der Waals surface area contributed by atoms with Crippen molar-refractivity contribution in [2.45, 2.75) is 26.3 Å². The summed E-state index contributed by atoms with van der Waals surface area (Å²) >= 11 is 0. The number of rotatable bonds is 7. The van der Waals surface area contributed by atoms with Crippen LogP contribution in [0.15, 0.2) is 18.3 Å². The second-order valence-electron chi connectivity index (χ2n) is 4.46. The first-order valence-corrected chi connectivity index (χ1v) is 6.24. The Hall–Kier alpha value is -1.62. The lowest BCUT2D eigenvalue weighted by atomic mass is 10.2. The third kappa shape index (κ3) is 4.33. The third-order valence-electron chi connectivity index (χ3n) is 3.15. The molecule has 1 heterocycles.